The largest absolute Gasteiger partial charge is 0.449 e. The van der Waals surface area contributed by atoms with Crippen molar-refractivity contribution in [2.75, 3.05) is 7.05 Å². The van der Waals surface area contributed by atoms with Gasteiger partial charge in [0.05, 0.1) is 5.56 Å². The Morgan fingerprint density at radius 2 is 1.93 bits per heavy atom. The number of likely N-dealkylation sites (N-methyl/N-ethyl adjacent to an activating group) is 1. The van der Waals surface area contributed by atoms with E-state index in [0.717, 1.165) is 0 Å². The van der Waals surface area contributed by atoms with Crippen molar-refractivity contribution in [1.29, 1.82) is 0 Å². The highest BCUT2D eigenvalue weighted by molar-refractivity contribution is 5.92. The lowest BCUT2D eigenvalue weighted by Crippen LogP contribution is -2.37. The topological polar surface area (TPSA) is 85.5 Å². The van der Waals surface area contributed by atoms with Crippen molar-refractivity contribution in [3.63, 3.8) is 0 Å². The molecule has 29 heavy (non-hydrogen) atoms. The normalized spacial score (nSPS) is 11.7. The second-order valence-electron chi connectivity index (χ2n) is 6.60. The smallest absolute Gasteiger partial charge is 0.338 e. The summed E-state index contributed by atoms with van der Waals surface area (Å²) in [5.74, 6) is -0.524. The minimum atomic E-state index is -0.987. The molecule has 7 nitrogen and oxygen atoms in total. The van der Waals surface area contributed by atoms with E-state index in [1.54, 1.807) is 50.4 Å². The minimum absolute atomic E-state index is 0.205. The minimum Gasteiger partial charge on any atom is -0.449 e. The number of carbonyl (C=O) groups is 2. The average Bonchev–Trinajstić information content (AvgIpc) is 3.13. The fraction of sp³-hybridized carbons (Fsp3) is 0.238. The van der Waals surface area contributed by atoms with Crippen molar-refractivity contribution in [2.45, 2.75) is 26.5 Å². The van der Waals surface area contributed by atoms with Crippen LogP contribution in [0.25, 0.3) is 11.5 Å². The van der Waals surface area contributed by atoms with E-state index >= 15 is 0 Å². The summed E-state index contributed by atoms with van der Waals surface area (Å²) in [7, 11) is 1.57. The molecule has 0 N–H and O–H groups in total. The Morgan fingerprint density at radius 3 is 2.55 bits per heavy atom. The Balaban J connectivity index is 1.59. The van der Waals surface area contributed by atoms with Gasteiger partial charge in [0.2, 0.25) is 0 Å². The molecule has 1 atom stereocenters. The van der Waals surface area contributed by atoms with Crippen LogP contribution in [0.5, 0.6) is 0 Å². The van der Waals surface area contributed by atoms with Crippen LogP contribution in [0, 0.1) is 12.7 Å². The van der Waals surface area contributed by atoms with Crippen LogP contribution in [0.2, 0.25) is 0 Å². The van der Waals surface area contributed by atoms with Gasteiger partial charge >= 0.3 is 5.97 Å². The molecule has 0 aliphatic rings. The number of hydrogen-bond donors (Lipinski definition) is 0. The van der Waals surface area contributed by atoms with Crippen molar-refractivity contribution in [1.82, 2.24) is 15.0 Å². The molecule has 0 saturated heterocycles. The summed E-state index contributed by atoms with van der Waals surface area (Å²) in [6, 6.07) is 12.4. The summed E-state index contributed by atoms with van der Waals surface area (Å²) >= 11 is 0. The number of nitrogens with zero attached hydrogens (tertiary/aromatic N) is 3. The predicted molar refractivity (Wildman–Crippen MR) is 102 cm³/mol. The number of benzene rings is 2. The van der Waals surface area contributed by atoms with Crippen molar-refractivity contribution < 1.29 is 23.2 Å². The molecule has 0 fully saturated rings. The quantitative estimate of drug-likeness (QED) is 0.593. The number of rotatable bonds is 6. The Kier molecular flexibility index (Phi) is 6.01. The predicted octanol–water partition coefficient (Wildman–Crippen LogP) is 3.39. The lowest BCUT2D eigenvalue weighted by molar-refractivity contribution is -0.139. The summed E-state index contributed by atoms with van der Waals surface area (Å²) in [6.45, 7) is 3.41. The van der Waals surface area contributed by atoms with Gasteiger partial charge in [-0.1, -0.05) is 17.3 Å². The van der Waals surface area contributed by atoms with Crippen molar-refractivity contribution in [2.24, 2.45) is 0 Å². The molecule has 0 radical (unpaired) electrons. The zero-order valence-electron chi connectivity index (χ0n) is 16.3. The van der Waals surface area contributed by atoms with E-state index in [1.165, 1.54) is 24.0 Å². The van der Waals surface area contributed by atoms with Gasteiger partial charge in [-0.25, -0.2) is 9.18 Å². The first-order chi connectivity index (χ1) is 13.8. The van der Waals surface area contributed by atoms with E-state index in [4.69, 9.17) is 9.26 Å². The number of carbonyl (C=O) groups excluding carboxylic acids is 2. The summed E-state index contributed by atoms with van der Waals surface area (Å²) in [4.78, 5) is 30.3. The van der Waals surface area contributed by atoms with Crippen LogP contribution in [-0.2, 0) is 16.1 Å². The summed E-state index contributed by atoms with van der Waals surface area (Å²) < 4.78 is 23.6. The van der Waals surface area contributed by atoms with E-state index in [0.29, 0.717) is 22.8 Å². The van der Waals surface area contributed by atoms with Crippen LogP contribution in [0.15, 0.2) is 53.1 Å². The first-order valence-corrected chi connectivity index (χ1v) is 8.94. The molecule has 0 spiro atoms. The molecule has 0 aliphatic carbocycles. The molecule has 8 heteroatoms. The van der Waals surface area contributed by atoms with Gasteiger partial charge in [-0.15, -0.1) is 0 Å². The number of aromatic nitrogens is 2. The standard InChI is InChI=1S/C21H20FN3O4/c1-13(20(26)25(3)12-15-5-4-6-18(22)11-15)28-21(27)17-9-7-16(8-10-17)19-23-14(2)24-29-19/h4-11,13H,12H2,1-3H3. The van der Waals surface area contributed by atoms with Crippen LogP contribution in [-0.4, -0.2) is 40.1 Å². The molecule has 3 aromatic rings. The fourth-order valence-electron chi connectivity index (χ4n) is 2.74. The Labute approximate surface area is 167 Å². The van der Waals surface area contributed by atoms with Crippen LogP contribution >= 0.6 is 0 Å². The number of esters is 1. The molecule has 0 aliphatic heterocycles. The molecule has 150 valence electrons. The third-order valence-electron chi connectivity index (χ3n) is 4.21. The zero-order chi connectivity index (χ0) is 21.0. The number of amides is 1. The number of hydrogen-bond acceptors (Lipinski definition) is 6. The second kappa shape index (κ2) is 8.64. The van der Waals surface area contributed by atoms with E-state index in [9.17, 15) is 14.0 Å². The molecule has 2 aromatic carbocycles. The van der Waals surface area contributed by atoms with Gasteiger partial charge in [0.25, 0.3) is 11.8 Å². The molecule has 1 unspecified atom stereocenters. The number of halogens is 1. The Bertz CT molecular complexity index is 1020. The van der Waals surface area contributed by atoms with Gasteiger partial charge in [0, 0.05) is 19.2 Å². The van der Waals surface area contributed by atoms with E-state index in [-0.39, 0.29) is 23.8 Å². The van der Waals surface area contributed by atoms with Gasteiger partial charge in [-0.3, -0.25) is 4.79 Å². The highest BCUT2D eigenvalue weighted by Gasteiger charge is 2.22. The molecule has 1 amide bonds. The van der Waals surface area contributed by atoms with Gasteiger partial charge in [-0.05, 0) is 55.8 Å². The molecular weight excluding hydrogens is 377 g/mol. The highest BCUT2D eigenvalue weighted by atomic mass is 19.1. The van der Waals surface area contributed by atoms with Crippen LogP contribution in [0.4, 0.5) is 4.39 Å². The maximum Gasteiger partial charge on any atom is 0.338 e. The van der Waals surface area contributed by atoms with E-state index in [1.807, 2.05) is 0 Å². The van der Waals surface area contributed by atoms with Gasteiger partial charge < -0.3 is 14.2 Å². The van der Waals surface area contributed by atoms with Gasteiger partial charge in [0.1, 0.15) is 5.82 Å². The lowest BCUT2D eigenvalue weighted by Gasteiger charge is -2.21. The highest BCUT2D eigenvalue weighted by Crippen LogP contribution is 2.18. The van der Waals surface area contributed by atoms with Crippen molar-refractivity contribution in [3.8, 4) is 11.5 Å². The summed E-state index contributed by atoms with van der Waals surface area (Å²) in [5, 5.41) is 3.72. The van der Waals surface area contributed by atoms with Crippen molar-refractivity contribution >= 4 is 11.9 Å². The zero-order valence-corrected chi connectivity index (χ0v) is 16.3. The van der Waals surface area contributed by atoms with Gasteiger partial charge in [0.15, 0.2) is 11.9 Å². The lowest BCUT2D eigenvalue weighted by atomic mass is 10.1. The van der Waals surface area contributed by atoms with Crippen molar-refractivity contribution in [3.05, 3.63) is 71.3 Å². The van der Waals surface area contributed by atoms with Crippen LogP contribution in [0.3, 0.4) is 0 Å². The van der Waals surface area contributed by atoms with Gasteiger partial charge in [-0.2, -0.15) is 4.98 Å². The van der Waals surface area contributed by atoms with Crippen LogP contribution < -0.4 is 0 Å². The van der Waals surface area contributed by atoms with Crippen LogP contribution in [0.1, 0.15) is 28.7 Å². The molecule has 1 heterocycles. The van der Waals surface area contributed by atoms with E-state index < -0.39 is 12.1 Å². The fourth-order valence-corrected chi connectivity index (χ4v) is 2.74. The SMILES string of the molecule is Cc1noc(-c2ccc(C(=O)OC(C)C(=O)N(C)Cc3cccc(F)c3)cc2)n1. The maximum absolute atomic E-state index is 13.3. The molecule has 3 rings (SSSR count). The summed E-state index contributed by atoms with van der Waals surface area (Å²) in [5.41, 5.74) is 1.60. The second-order valence-corrected chi connectivity index (χ2v) is 6.60. The molecule has 0 bridgehead atoms. The average molecular weight is 397 g/mol. The summed E-state index contributed by atoms with van der Waals surface area (Å²) in [6.07, 6.45) is -0.987. The number of ether oxygens (including phenoxy) is 1. The molecule has 1 aromatic heterocycles. The first-order valence-electron chi connectivity index (χ1n) is 8.94. The third kappa shape index (κ3) is 5.04. The third-order valence-corrected chi connectivity index (χ3v) is 4.21. The monoisotopic (exact) mass is 397 g/mol. The van der Waals surface area contributed by atoms with E-state index in [2.05, 4.69) is 10.1 Å². The number of aryl methyl sites for hydroxylation is 1. The molecule has 0 saturated carbocycles. The Hall–Kier alpha value is -3.55. The maximum atomic E-state index is 13.3. The Morgan fingerprint density at radius 1 is 1.21 bits per heavy atom. The first kappa shape index (κ1) is 20.2. The molecular formula is C21H20FN3O4.